The van der Waals surface area contributed by atoms with Crippen LogP contribution >= 0.6 is 0 Å². The summed E-state index contributed by atoms with van der Waals surface area (Å²) in [6, 6.07) is 16.7. The molecule has 27 heavy (non-hydrogen) atoms. The summed E-state index contributed by atoms with van der Waals surface area (Å²) in [6.45, 7) is 5.12. The zero-order valence-corrected chi connectivity index (χ0v) is 15.8. The highest BCUT2D eigenvalue weighted by Crippen LogP contribution is 2.31. The van der Waals surface area contributed by atoms with E-state index in [1.54, 1.807) is 0 Å². The number of amides is 1. The van der Waals surface area contributed by atoms with Crippen LogP contribution in [0.3, 0.4) is 0 Å². The van der Waals surface area contributed by atoms with E-state index in [9.17, 15) is 14.7 Å². The fourth-order valence-corrected chi connectivity index (χ4v) is 3.79. The van der Waals surface area contributed by atoms with Gasteiger partial charge in [0.2, 0.25) is 5.91 Å². The summed E-state index contributed by atoms with van der Waals surface area (Å²) < 4.78 is 0. The number of piperidine rings is 1. The number of hydrogen-bond donors (Lipinski definition) is 2. The molecule has 2 aromatic carbocycles. The van der Waals surface area contributed by atoms with E-state index in [2.05, 4.69) is 5.32 Å². The molecule has 3 atom stereocenters. The highest BCUT2D eigenvalue weighted by atomic mass is 16.4. The molecule has 3 unspecified atom stereocenters. The van der Waals surface area contributed by atoms with Crippen molar-refractivity contribution in [3.05, 3.63) is 65.7 Å². The van der Waals surface area contributed by atoms with Gasteiger partial charge in [-0.2, -0.15) is 0 Å². The van der Waals surface area contributed by atoms with Gasteiger partial charge in [0.1, 0.15) is 6.04 Å². The van der Waals surface area contributed by atoms with Crippen LogP contribution < -0.4 is 5.32 Å². The summed E-state index contributed by atoms with van der Waals surface area (Å²) in [7, 11) is 0. The van der Waals surface area contributed by atoms with Gasteiger partial charge in [0.05, 0.1) is 5.92 Å². The highest BCUT2D eigenvalue weighted by Gasteiger charge is 2.36. The van der Waals surface area contributed by atoms with Crippen LogP contribution in [0.4, 0.5) is 5.69 Å². The third kappa shape index (κ3) is 4.74. The number of nitrogens with one attached hydrogen (secondary N) is 1. The molecule has 0 saturated carbocycles. The number of carbonyl (C=O) groups is 2. The van der Waals surface area contributed by atoms with Crippen LogP contribution in [0, 0.1) is 18.8 Å². The molecule has 142 valence electrons. The van der Waals surface area contributed by atoms with E-state index in [0.29, 0.717) is 19.5 Å². The molecule has 0 aromatic heterocycles. The molecule has 1 aliphatic heterocycles. The average Bonchev–Trinajstić information content (AvgIpc) is 2.64. The van der Waals surface area contributed by atoms with Crippen molar-refractivity contribution in [1.82, 2.24) is 4.90 Å². The first kappa shape index (κ1) is 19.1. The third-order valence-corrected chi connectivity index (χ3v) is 5.09. The number of carboxylic acids is 1. The Kier molecular flexibility index (Phi) is 5.91. The van der Waals surface area contributed by atoms with Gasteiger partial charge in [-0.1, -0.05) is 55.0 Å². The highest BCUT2D eigenvalue weighted by molar-refractivity contribution is 5.95. The lowest BCUT2D eigenvalue weighted by Gasteiger charge is -2.39. The van der Waals surface area contributed by atoms with Crippen molar-refractivity contribution >= 4 is 17.6 Å². The quantitative estimate of drug-likeness (QED) is 0.846. The van der Waals surface area contributed by atoms with Gasteiger partial charge < -0.3 is 10.4 Å². The summed E-state index contributed by atoms with van der Waals surface area (Å²) in [5.74, 6) is -1.16. The maximum Gasteiger partial charge on any atom is 0.307 e. The maximum atomic E-state index is 13.2. The molecule has 2 aromatic rings. The van der Waals surface area contributed by atoms with E-state index in [0.717, 1.165) is 16.8 Å². The average molecular weight is 366 g/mol. The lowest BCUT2D eigenvalue weighted by atomic mass is 9.88. The molecule has 5 nitrogen and oxygen atoms in total. The lowest BCUT2D eigenvalue weighted by molar-refractivity contribution is -0.145. The predicted molar refractivity (Wildman–Crippen MR) is 105 cm³/mol. The van der Waals surface area contributed by atoms with E-state index in [1.165, 1.54) is 0 Å². The minimum atomic E-state index is -0.794. The Hall–Kier alpha value is -2.66. The Labute approximate surface area is 160 Å². The third-order valence-electron chi connectivity index (χ3n) is 5.09. The minimum absolute atomic E-state index is 0.136. The van der Waals surface area contributed by atoms with Crippen molar-refractivity contribution in [2.24, 2.45) is 11.8 Å². The molecule has 1 saturated heterocycles. The summed E-state index contributed by atoms with van der Waals surface area (Å²) in [5, 5.41) is 12.5. The molecule has 1 amide bonds. The van der Waals surface area contributed by atoms with Crippen molar-refractivity contribution in [2.75, 3.05) is 18.4 Å². The van der Waals surface area contributed by atoms with Crippen molar-refractivity contribution in [3.63, 3.8) is 0 Å². The molecule has 0 bridgehead atoms. The fourth-order valence-electron chi connectivity index (χ4n) is 3.79. The molecule has 0 spiro atoms. The van der Waals surface area contributed by atoms with Crippen molar-refractivity contribution < 1.29 is 14.7 Å². The zero-order valence-electron chi connectivity index (χ0n) is 15.8. The van der Waals surface area contributed by atoms with Crippen molar-refractivity contribution in [3.8, 4) is 0 Å². The minimum Gasteiger partial charge on any atom is -0.481 e. The van der Waals surface area contributed by atoms with Gasteiger partial charge in [0.25, 0.3) is 0 Å². The van der Waals surface area contributed by atoms with Crippen LogP contribution in [0.2, 0.25) is 0 Å². The van der Waals surface area contributed by atoms with E-state index in [-0.39, 0.29) is 11.8 Å². The second-order valence-electron chi connectivity index (χ2n) is 7.50. The molecule has 1 fully saturated rings. The van der Waals surface area contributed by atoms with Crippen molar-refractivity contribution in [1.29, 1.82) is 0 Å². The van der Waals surface area contributed by atoms with Crippen LogP contribution in [-0.2, 0) is 9.59 Å². The van der Waals surface area contributed by atoms with Gasteiger partial charge >= 0.3 is 5.97 Å². The Balaban J connectivity index is 1.87. The monoisotopic (exact) mass is 366 g/mol. The van der Waals surface area contributed by atoms with Gasteiger partial charge in [-0.15, -0.1) is 0 Å². The standard InChI is InChI=1S/C22H26N2O3/c1-15-8-10-19(11-9-15)23-21(25)20(17-6-4-3-5-7-17)24-13-16(2)12-18(14-24)22(26)27/h3-11,16,18,20H,12-14H2,1-2H3,(H,23,25)(H,26,27). The summed E-state index contributed by atoms with van der Waals surface area (Å²) in [4.78, 5) is 26.8. The fraction of sp³-hybridized carbons (Fsp3) is 0.364. The van der Waals surface area contributed by atoms with E-state index in [4.69, 9.17) is 0 Å². The first-order valence-corrected chi connectivity index (χ1v) is 9.33. The zero-order chi connectivity index (χ0) is 19.4. The Morgan fingerprint density at radius 2 is 1.74 bits per heavy atom. The van der Waals surface area contributed by atoms with E-state index in [1.807, 2.05) is 73.3 Å². The van der Waals surface area contributed by atoms with Gasteiger partial charge in [0.15, 0.2) is 0 Å². The topological polar surface area (TPSA) is 69.6 Å². The summed E-state index contributed by atoms with van der Waals surface area (Å²) in [6.07, 6.45) is 0.646. The van der Waals surface area contributed by atoms with Crippen LogP contribution in [0.25, 0.3) is 0 Å². The van der Waals surface area contributed by atoms with E-state index < -0.39 is 17.9 Å². The lowest BCUT2D eigenvalue weighted by Crippen LogP contribution is -2.47. The molecule has 0 aliphatic carbocycles. The number of benzene rings is 2. The van der Waals surface area contributed by atoms with Gasteiger partial charge in [-0.05, 0) is 37.0 Å². The Bertz CT molecular complexity index is 789. The molecule has 3 rings (SSSR count). The molecule has 5 heteroatoms. The smallest absolute Gasteiger partial charge is 0.307 e. The normalized spacial score (nSPS) is 21.4. The van der Waals surface area contributed by atoms with Crippen LogP contribution in [-0.4, -0.2) is 35.0 Å². The number of hydrogen-bond acceptors (Lipinski definition) is 3. The Morgan fingerprint density at radius 1 is 1.07 bits per heavy atom. The summed E-state index contributed by atoms with van der Waals surface area (Å²) in [5.41, 5.74) is 2.74. The molecular weight excluding hydrogens is 340 g/mol. The maximum absolute atomic E-state index is 13.2. The molecule has 1 aliphatic rings. The number of aliphatic carboxylic acids is 1. The van der Waals surface area contributed by atoms with Crippen molar-refractivity contribution in [2.45, 2.75) is 26.3 Å². The summed E-state index contributed by atoms with van der Waals surface area (Å²) >= 11 is 0. The molecule has 0 radical (unpaired) electrons. The number of anilines is 1. The number of nitrogens with zero attached hydrogens (tertiary/aromatic N) is 1. The molecule has 2 N–H and O–H groups in total. The van der Waals surface area contributed by atoms with E-state index >= 15 is 0 Å². The van der Waals surface area contributed by atoms with Gasteiger partial charge in [-0.3, -0.25) is 14.5 Å². The first-order valence-electron chi connectivity index (χ1n) is 9.33. The number of likely N-dealkylation sites (tertiary alicyclic amines) is 1. The predicted octanol–water partition coefficient (Wildman–Crippen LogP) is 3.72. The first-order chi connectivity index (χ1) is 12.9. The van der Waals surface area contributed by atoms with Crippen LogP contribution in [0.5, 0.6) is 0 Å². The second kappa shape index (κ2) is 8.35. The van der Waals surface area contributed by atoms with Gasteiger partial charge in [-0.25, -0.2) is 0 Å². The number of carboxylic acid groups (broad SMARTS) is 1. The number of rotatable bonds is 5. The second-order valence-corrected chi connectivity index (χ2v) is 7.50. The number of carbonyl (C=O) groups excluding carboxylic acids is 1. The molecular formula is C22H26N2O3. The van der Waals surface area contributed by atoms with Crippen LogP contribution in [0.1, 0.15) is 30.5 Å². The van der Waals surface area contributed by atoms with Gasteiger partial charge in [0, 0.05) is 18.8 Å². The number of aryl methyl sites for hydroxylation is 1. The largest absolute Gasteiger partial charge is 0.481 e. The van der Waals surface area contributed by atoms with Crippen LogP contribution in [0.15, 0.2) is 54.6 Å². The SMILES string of the molecule is Cc1ccc(NC(=O)C(c2ccccc2)N2CC(C)CC(C(=O)O)C2)cc1. The Morgan fingerprint density at radius 3 is 2.37 bits per heavy atom. The molecule has 1 heterocycles.